The number of rotatable bonds is 5. The number of hydrogen-bond donors (Lipinski definition) is 2. The van der Waals surface area contributed by atoms with Gasteiger partial charge in [-0.1, -0.05) is 42.7 Å². The van der Waals surface area contributed by atoms with Gasteiger partial charge in [0, 0.05) is 17.6 Å². The zero-order chi connectivity index (χ0) is 21.0. The van der Waals surface area contributed by atoms with Gasteiger partial charge >= 0.3 is 11.8 Å². The molecule has 0 bridgehead atoms. The Hall–Kier alpha value is -2.82. The predicted molar refractivity (Wildman–Crippen MR) is 115 cm³/mol. The number of nitrogens with one attached hydrogen (secondary N) is 2. The lowest BCUT2D eigenvalue weighted by molar-refractivity contribution is -0.136. The van der Waals surface area contributed by atoms with Crippen LogP contribution in [0.15, 0.2) is 36.4 Å². The Morgan fingerprint density at radius 1 is 0.966 bits per heavy atom. The number of aryl methyl sites for hydroxylation is 3. The minimum Gasteiger partial charge on any atom is -0.497 e. The van der Waals surface area contributed by atoms with E-state index >= 15 is 0 Å². The number of ether oxygens (including phenoxy) is 1. The number of benzene rings is 2. The number of anilines is 1. The highest BCUT2D eigenvalue weighted by atomic mass is 16.5. The van der Waals surface area contributed by atoms with Gasteiger partial charge in [-0.15, -0.1) is 0 Å². The minimum atomic E-state index is -0.622. The lowest BCUT2D eigenvalue weighted by Gasteiger charge is -2.30. The van der Waals surface area contributed by atoms with Crippen LogP contribution < -0.4 is 15.4 Å². The SMILES string of the molecule is COc1ccc(C2(CNC(=O)C(=O)Nc3c(C)cc(C)cc3C)CCCC2)cc1. The van der Waals surface area contributed by atoms with Crippen molar-refractivity contribution in [2.75, 3.05) is 19.0 Å². The maximum Gasteiger partial charge on any atom is 0.313 e. The summed E-state index contributed by atoms with van der Waals surface area (Å²) < 4.78 is 5.25. The number of amides is 2. The van der Waals surface area contributed by atoms with Crippen LogP contribution in [0.3, 0.4) is 0 Å². The maximum absolute atomic E-state index is 12.5. The zero-order valence-corrected chi connectivity index (χ0v) is 17.7. The van der Waals surface area contributed by atoms with Crippen LogP contribution in [0.4, 0.5) is 5.69 Å². The van der Waals surface area contributed by atoms with Gasteiger partial charge in [-0.05, 0) is 62.4 Å². The van der Waals surface area contributed by atoms with E-state index in [2.05, 4.69) is 22.8 Å². The smallest absolute Gasteiger partial charge is 0.313 e. The summed E-state index contributed by atoms with van der Waals surface area (Å²) in [6.07, 6.45) is 4.24. The molecule has 1 aliphatic carbocycles. The first-order valence-corrected chi connectivity index (χ1v) is 10.2. The predicted octanol–water partition coefficient (Wildman–Crippen LogP) is 4.19. The average Bonchev–Trinajstić information content (AvgIpc) is 3.19. The van der Waals surface area contributed by atoms with Gasteiger partial charge in [0.05, 0.1) is 7.11 Å². The van der Waals surface area contributed by atoms with Crippen molar-refractivity contribution < 1.29 is 14.3 Å². The fraction of sp³-hybridized carbons (Fsp3) is 0.417. The molecule has 29 heavy (non-hydrogen) atoms. The molecule has 0 saturated heterocycles. The molecule has 2 aromatic rings. The third kappa shape index (κ3) is 4.61. The second-order valence-electron chi connectivity index (χ2n) is 8.13. The molecule has 0 heterocycles. The minimum absolute atomic E-state index is 0.127. The van der Waals surface area contributed by atoms with Crippen LogP contribution in [0, 0.1) is 20.8 Å². The summed E-state index contributed by atoms with van der Waals surface area (Å²) in [6, 6.07) is 12.0. The molecule has 2 N–H and O–H groups in total. The highest BCUT2D eigenvalue weighted by Crippen LogP contribution is 2.41. The maximum atomic E-state index is 12.5. The quantitative estimate of drug-likeness (QED) is 0.748. The standard InChI is InChI=1S/C24H30N2O3/c1-16-13-17(2)21(18(3)14-16)26-23(28)22(27)25-15-24(11-5-6-12-24)19-7-9-20(29-4)10-8-19/h7-10,13-14H,5-6,11-12,15H2,1-4H3,(H,25,27)(H,26,28). The van der Waals surface area contributed by atoms with Gasteiger partial charge in [0.25, 0.3) is 0 Å². The molecule has 5 nitrogen and oxygen atoms in total. The molecule has 0 spiro atoms. The average molecular weight is 395 g/mol. The molecular weight excluding hydrogens is 364 g/mol. The third-order valence-electron chi connectivity index (χ3n) is 5.97. The second kappa shape index (κ2) is 8.68. The highest BCUT2D eigenvalue weighted by Gasteiger charge is 2.36. The first-order valence-electron chi connectivity index (χ1n) is 10.2. The molecule has 0 atom stereocenters. The zero-order valence-electron chi connectivity index (χ0n) is 17.7. The summed E-state index contributed by atoms with van der Waals surface area (Å²) in [5.74, 6) is -0.402. The summed E-state index contributed by atoms with van der Waals surface area (Å²) in [5.41, 5.74) is 4.80. The van der Waals surface area contributed by atoms with E-state index in [1.165, 1.54) is 5.56 Å². The molecular formula is C24H30N2O3. The van der Waals surface area contributed by atoms with E-state index in [1.807, 2.05) is 45.0 Å². The van der Waals surface area contributed by atoms with E-state index in [1.54, 1.807) is 7.11 Å². The molecule has 0 radical (unpaired) electrons. The van der Waals surface area contributed by atoms with Crippen LogP contribution in [0.5, 0.6) is 5.75 Å². The highest BCUT2D eigenvalue weighted by molar-refractivity contribution is 6.39. The van der Waals surface area contributed by atoms with E-state index < -0.39 is 11.8 Å². The number of carbonyl (C=O) groups is 2. The van der Waals surface area contributed by atoms with Crippen LogP contribution in [0.1, 0.15) is 47.9 Å². The number of hydrogen-bond acceptors (Lipinski definition) is 3. The normalized spacial score (nSPS) is 15.0. The Morgan fingerprint density at radius 2 is 1.55 bits per heavy atom. The molecule has 0 aliphatic heterocycles. The van der Waals surface area contributed by atoms with Crippen molar-refractivity contribution in [3.8, 4) is 5.75 Å². The summed E-state index contributed by atoms with van der Waals surface area (Å²) >= 11 is 0. The molecule has 2 aromatic carbocycles. The van der Waals surface area contributed by atoms with Gasteiger partial charge in [-0.3, -0.25) is 9.59 Å². The summed E-state index contributed by atoms with van der Waals surface area (Å²) in [6.45, 7) is 6.34. The molecule has 1 aliphatic rings. The molecule has 0 aromatic heterocycles. The van der Waals surface area contributed by atoms with E-state index in [0.29, 0.717) is 12.2 Å². The van der Waals surface area contributed by atoms with Crippen molar-refractivity contribution in [3.05, 3.63) is 58.7 Å². The molecule has 3 rings (SSSR count). The Kier molecular flexibility index (Phi) is 6.26. The van der Waals surface area contributed by atoms with Crippen molar-refractivity contribution in [2.45, 2.75) is 51.9 Å². The monoisotopic (exact) mass is 394 g/mol. The lowest BCUT2D eigenvalue weighted by atomic mass is 9.78. The van der Waals surface area contributed by atoms with Crippen LogP contribution in [-0.4, -0.2) is 25.5 Å². The van der Waals surface area contributed by atoms with Gasteiger partial charge in [0.15, 0.2) is 0 Å². The van der Waals surface area contributed by atoms with Gasteiger partial charge in [-0.25, -0.2) is 0 Å². The van der Waals surface area contributed by atoms with Gasteiger partial charge in [0.1, 0.15) is 5.75 Å². The Morgan fingerprint density at radius 3 is 2.10 bits per heavy atom. The van der Waals surface area contributed by atoms with Crippen LogP contribution in [0.2, 0.25) is 0 Å². The van der Waals surface area contributed by atoms with Crippen molar-refractivity contribution in [3.63, 3.8) is 0 Å². The van der Waals surface area contributed by atoms with E-state index in [0.717, 1.165) is 48.1 Å². The third-order valence-corrected chi connectivity index (χ3v) is 5.97. The van der Waals surface area contributed by atoms with Crippen molar-refractivity contribution >= 4 is 17.5 Å². The van der Waals surface area contributed by atoms with E-state index in [-0.39, 0.29) is 5.41 Å². The number of methoxy groups -OCH3 is 1. The van der Waals surface area contributed by atoms with Crippen LogP contribution >= 0.6 is 0 Å². The topological polar surface area (TPSA) is 67.4 Å². The molecule has 154 valence electrons. The van der Waals surface area contributed by atoms with Crippen molar-refractivity contribution in [1.82, 2.24) is 5.32 Å². The first kappa shape index (κ1) is 20.9. The van der Waals surface area contributed by atoms with Gasteiger partial charge in [-0.2, -0.15) is 0 Å². The molecule has 0 unspecified atom stereocenters. The first-order chi connectivity index (χ1) is 13.8. The van der Waals surface area contributed by atoms with Crippen molar-refractivity contribution in [2.24, 2.45) is 0 Å². The summed E-state index contributed by atoms with van der Waals surface area (Å²) in [5, 5.41) is 5.66. The van der Waals surface area contributed by atoms with Crippen LogP contribution in [-0.2, 0) is 15.0 Å². The van der Waals surface area contributed by atoms with Crippen molar-refractivity contribution in [1.29, 1.82) is 0 Å². The second-order valence-corrected chi connectivity index (χ2v) is 8.13. The Balaban J connectivity index is 1.68. The van der Waals surface area contributed by atoms with E-state index in [9.17, 15) is 9.59 Å². The van der Waals surface area contributed by atoms with Crippen LogP contribution in [0.25, 0.3) is 0 Å². The summed E-state index contributed by atoms with van der Waals surface area (Å²) in [7, 11) is 1.65. The largest absolute Gasteiger partial charge is 0.497 e. The Bertz CT molecular complexity index is 874. The van der Waals surface area contributed by atoms with Gasteiger partial charge in [0.2, 0.25) is 0 Å². The molecule has 1 fully saturated rings. The Labute approximate surface area is 172 Å². The lowest BCUT2D eigenvalue weighted by Crippen LogP contribution is -2.43. The fourth-order valence-corrected chi connectivity index (χ4v) is 4.44. The summed E-state index contributed by atoms with van der Waals surface area (Å²) in [4.78, 5) is 25.0. The molecule has 5 heteroatoms. The van der Waals surface area contributed by atoms with E-state index in [4.69, 9.17) is 4.74 Å². The number of carbonyl (C=O) groups excluding carboxylic acids is 2. The van der Waals surface area contributed by atoms with Gasteiger partial charge < -0.3 is 15.4 Å². The molecule has 1 saturated carbocycles. The molecule has 2 amide bonds. The fourth-order valence-electron chi connectivity index (χ4n) is 4.44.